The van der Waals surface area contributed by atoms with Crippen LogP contribution in [0.2, 0.25) is 0 Å². The molecule has 8 atom stereocenters. The van der Waals surface area contributed by atoms with E-state index in [2.05, 4.69) is 37.1 Å². The van der Waals surface area contributed by atoms with E-state index in [9.17, 15) is 24.6 Å². The highest BCUT2D eigenvalue weighted by Crippen LogP contribution is 2.73. The van der Waals surface area contributed by atoms with Gasteiger partial charge in [0.15, 0.2) is 0 Å². The normalized spacial score (nSPS) is 41.4. The first-order chi connectivity index (χ1) is 16.8. The van der Waals surface area contributed by atoms with Gasteiger partial charge in [0.25, 0.3) is 0 Å². The van der Waals surface area contributed by atoms with Gasteiger partial charge in [-0.15, -0.1) is 0 Å². The van der Waals surface area contributed by atoms with Crippen molar-refractivity contribution in [3.8, 4) is 0 Å². The minimum atomic E-state index is -0.879. The number of allylic oxidation sites excluding steroid dienone is 2. The first kappa shape index (κ1) is 27.2. The number of carbonyl (C=O) groups excluding carboxylic acids is 1. The van der Waals surface area contributed by atoms with Crippen molar-refractivity contribution in [2.45, 2.75) is 72.6 Å². The number of carboxylic acid groups (broad SMARTS) is 2. The second kappa shape index (κ2) is 9.45. The first-order valence-corrected chi connectivity index (χ1v) is 13.9. The zero-order chi connectivity index (χ0) is 26.6. The zero-order valence-corrected chi connectivity index (χ0v) is 23.0. The van der Waals surface area contributed by atoms with Gasteiger partial charge in [-0.1, -0.05) is 38.8 Å². The Balaban J connectivity index is 1.74. The molecule has 0 radical (unpaired) electrons. The lowest BCUT2D eigenvalue weighted by Gasteiger charge is -2.69. The molecule has 3 fully saturated rings. The van der Waals surface area contributed by atoms with Crippen LogP contribution in [0.25, 0.3) is 0 Å². The summed E-state index contributed by atoms with van der Waals surface area (Å²) in [5, 5.41) is 24.0. The van der Waals surface area contributed by atoms with Crippen LogP contribution in [-0.2, 0) is 14.4 Å². The fourth-order valence-electron chi connectivity index (χ4n) is 9.31. The lowest BCUT2D eigenvalue weighted by atomic mass is 9.34. The summed E-state index contributed by atoms with van der Waals surface area (Å²) < 4.78 is 0. The van der Waals surface area contributed by atoms with Crippen LogP contribution in [0.4, 0.5) is 0 Å². The van der Waals surface area contributed by atoms with Gasteiger partial charge in [0, 0.05) is 12.0 Å². The Morgan fingerprint density at radius 2 is 1.81 bits per heavy atom. The van der Waals surface area contributed by atoms with Crippen molar-refractivity contribution < 1.29 is 24.6 Å². The third kappa shape index (κ3) is 4.00. The SMILES string of the molecule is CC(C)C1=C[C@@]23CC[C@H]4[C@](C)(CCC[C@@]4(C)C(=O)O)[C@@H]2C[C@@H]1[C@H](C(=O)NCCCN(C)C)[C@@H]3C(=O)O. The summed E-state index contributed by atoms with van der Waals surface area (Å²) in [7, 11) is 4.00. The molecule has 1 amide bonds. The predicted molar refractivity (Wildman–Crippen MR) is 138 cm³/mol. The Kier molecular flexibility index (Phi) is 7.13. The van der Waals surface area contributed by atoms with Gasteiger partial charge in [-0.05, 0) is 95.2 Å². The molecule has 0 saturated heterocycles. The van der Waals surface area contributed by atoms with E-state index in [0.29, 0.717) is 25.8 Å². The highest BCUT2D eigenvalue weighted by Gasteiger charge is 2.70. The molecule has 0 aliphatic heterocycles. The van der Waals surface area contributed by atoms with E-state index >= 15 is 0 Å². The molecule has 3 N–H and O–H groups in total. The Morgan fingerprint density at radius 1 is 1.11 bits per heavy atom. The molecule has 0 aromatic heterocycles. The molecule has 1 spiro atoms. The number of rotatable bonds is 8. The Labute approximate surface area is 216 Å². The molecule has 7 nitrogen and oxygen atoms in total. The Hall–Kier alpha value is -1.89. The number of amides is 1. The van der Waals surface area contributed by atoms with E-state index < -0.39 is 34.6 Å². The lowest BCUT2D eigenvalue weighted by Crippen LogP contribution is -2.67. The average molecular weight is 503 g/mol. The fourth-order valence-corrected chi connectivity index (χ4v) is 9.31. The predicted octanol–water partition coefficient (Wildman–Crippen LogP) is 4.28. The maximum Gasteiger partial charge on any atom is 0.309 e. The van der Waals surface area contributed by atoms with Crippen molar-refractivity contribution in [2.24, 2.45) is 51.8 Å². The van der Waals surface area contributed by atoms with Gasteiger partial charge in [-0.2, -0.15) is 0 Å². The van der Waals surface area contributed by atoms with Crippen molar-refractivity contribution in [1.29, 1.82) is 0 Å². The van der Waals surface area contributed by atoms with Crippen LogP contribution in [0.15, 0.2) is 11.6 Å². The van der Waals surface area contributed by atoms with Gasteiger partial charge in [0.05, 0.1) is 17.3 Å². The number of carboxylic acids is 2. The highest BCUT2D eigenvalue weighted by atomic mass is 16.4. The molecule has 0 heterocycles. The molecule has 0 unspecified atom stereocenters. The number of nitrogens with zero attached hydrogens (tertiary/aromatic N) is 1. The van der Waals surface area contributed by atoms with Crippen molar-refractivity contribution in [3.63, 3.8) is 0 Å². The van der Waals surface area contributed by atoms with Crippen LogP contribution in [-0.4, -0.2) is 60.1 Å². The van der Waals surface area contributed by atoms with Crippen molar-refractivity contribution >= 4 is 17.8 Å². The molecule has 202 valence electrons. The van der Waals surface area contributed by atoms with Crippen molar-refractivity contribution in [3.05, 3.63) is 11.6 Å². The van der Waals surface area contributed by atoms with E-state index in [1.165, 1.54) is 5.57 Å². The smallest absolute Gasteiger partial charge is 0.309 e. The Morgan fingerprint density at radius 3 is 2.39 bits per heavy atom. The van der Waals surface area contributed by atoms with Crippen LogP contribution in [0, 0.1) is 51.8 Å². The summed E-state index contributed by atoms with van der Waals surface area (Å²) >= 11 is 0. The summed E-state index contributed by atoms with van der Waals surface area (Å²) in [6.07, 6.45) is 7.68. The van der Waals surface area contributed by atoms with Gasteiger partial charge in [-0.25, -0.2) is 0 Å². The van der Waals surface area contributed by atoms with Gasteiger partial charge in [-0.3, -0.25) is 14.4 Å². The van der Waals surface area contributed by atoms with E-state index in [-0.39, 0.29) is 35.0 Å². The lowest BCUT2D eigenvalue weighted by molar-refractivity contribution is -0.204. The molecular formula is C29H46N2O5. The van der Waals surface area contributed by atoms with E-state index in [1.807, 2.05) is 21.0 Å². The molecule has 5 aliphatic carbocycles. The maximum atomic E-state index is 13.6. The molecular weight excluding hydrogens is 456 g/mol. The number of carbonyl (C=O) groups is 3. The number of hydrogen-bond donors (Lipinski definition) is 3. The van der Waals surface area contributed by atoms with Crippen molar-refractivity contribution in [2.75, 3.05) is 27.2 Å². The Bertz CT molecular complexity index is 944. The summed E-state index contributed by atoms with van der Waals surface area (Å²) in [4.78, 5) is 41.2. The van der Waals surface area contributed by atoms with Crippen LogP contribution in [0.3, 0.4) is 0 Å². The maximum absolute atomic E-state index is 13.6. The minimum Gasteiger partial charge on any atom is -0.481 e. The van der Waals surface area contributed by atoms with Gasteiger partial charge in [0.2, 0.25) is 5.91 Å². The van der Waals surface area contributed by atoms with Gasteiger partial charge < -0.3 is 20.4 Å². The second-order valence-corrected chi connectivity index (χ2v) is 13.3. The molecule has 5 rings (SSSR count). The molecule has 0 aromatic carbocycles. The van der Waals surface area contributed by atoms with Gasteiger partial charge in [0.1, 0.15) is 0 Å². The van der Waals surface area contributed by atoms with E-state index in [1.54, 1.807) is 0 Å². The summed E-state index contributed by atoms with van der Waals surface area (Å²) in [5.41, 5.74) is -0.399. The van der Waals surface area contributed by atoms with Crippen LogP contribution < -0.4 is 5.32 Å². The molecule has 0 aromatic rings. The molecule has 2 bridgehead atoms. The average Bonchev–Trinajstić information content (AvgIpc) is 2.79. The molecule has 3 saturated carbocycles. The summed E-state index contributed by atoms with van der Waals surface area (Å²) in [5.74, 6) is -2.84. The monoisotopic (exact) mass is 502 g/mol. The van der Waals surface area contributed by atoms with Crippen LogP contribution >= 0.6 is 0 Å². The molecule has 36 heavy (non-hydrogen) atoms. The number of aliphatic carboxylic acids is 2. The largest absolute Gasteiger partial charge is 0.481 e. The number of hydrogen-bond acceptors (Lipinski definition) is 4. The molecule has 7 heteroatoms. The van der Waals surface area contributed by atoms with Gasteiger partial charge >= 0.3 is 11.9 Å². The third-order valence-electron chi connectivity index (χ3n) is 10.8. The van der Waals surface area contributed by atoms with Crippen molar-refractivity contribution in [1.82, 2.24) is 10.2 Å². The minimum absolute atomic E-state index is 0.0230. The van der Waals surface area contributed by atoms with Crippen LogP contribution in [0.1, 0.15) is 72.6 Å². The molecule has 5 aliphatic rings. The van der Waals surface area contributed by atoms with E-state index in [4.69, 9.17) is 0 Å². The second-order valence-electron chi connectivity index (χ2n) is 13.3. The standard InChI is InChI=1S/C29H46N2O5/c1-17(2)19-16-29-12-9-20-27(3,10-7-11-28(20,4)26(35)36)21(29)15-18(19)22(23(29)25(33)34)24(32)30-13-8-14-31(5)6/h16-18,20-23H,7-15H2,1-6H3,(H,30,32)(H,33,34)(H,35,36)/t18-,20-,21-,22-,23+,27-,28+,29-/m0/s1. The zero-order valence-electron chi connectivity index (χ0n) is 23.0. The third-order valence-corrected chi connectivity index (χ3v) is 10.8. The van der Waals surface area contributed by atoms with Crippen LogP contribution in [0.5, 0.6) is 0 Å². The quantitative estimate of drug-likeness (QED) is 0.338. The topological polar surface area (TPSA) is 107 Å². The van der Waals surface area contributed by atoms with E-state index in [0.717, 1.165) is 32.2 Å². The first-order valence-electron chi connectivity index (χ1n) is 13.9. The number of nitrogens with one attached hydrogen (secondary N) is 1. The summed E-state index contributed by atoms with van der Waals surface area (Å²) in [6, 6.07) is 0. The number of fused-ring (bicyclic) bond motifs is 2. The fraction of sp³-hybridized carbons (Fsp3) is 0.828. The summed E-state index contributed by atoms with van der Waals surface area (Å²) in [6.45, 7) is 9.85. The highest BCUT2D eigenvalue weighted by molar-refractivity contribution is 5.87.